The quantitative estimate of drug-likeness (QED) is 0.599. The summed E-state index contributed by atoms with van der Waals surface area (Å²) in [4.78, 5) is 26.7. The molecule has 2 rings (SSSR count). The highest BCUT2D eigenvalue weighted by Crippen LogP contribution is 2.39. The lowest BCUT2D eigenvalue weighted by Gasteiger charge is -2.12. The highest BCUT2D eigenvalue weighted by Gasteiger charge is 2.39. The molecule has 0 unspecified atom stereocenters. The highest BCUT2D eigenvalue weighted by molar-refractivity contribution is 8.04. The summed E-state index contributed by atoms with van der Waals surface area (Å²) in [6.45, 7) is 5.76. The highest BCUT2D eigenvalue weighted by atomic mass is 32.2. The van der Waals surface area contributed by atoms with Crippen molar-refractivity contribution in [3.8, 4) is 5.75 Å². The Kier molecular flexibility index (Phi) is 4.85. The SMILES string of the molecule is C=CCN1C(=O)C(SCC)=C(c2ccccc2OC)C1=O. The van der Waals surface area contributed by atoms with E-state index in [0.717, 1.165) is 5.75 Å². The standard InChI is InChI=1S/C16H17NO3S/c1-4-10-17-15(18)13(14(16(17)19)21-5-2)11-8-6-7-9-12(11)20-3/h4,6-9H,1,5,10H2,2-3H3. The molecule has 0 atom stereocenters. The van der Waals surface area contributed by atoms with Gasteiger partial charge in [-0.15, -0.1) is 18.3 Å². The number of benzene rings is 1. The Labute approximate surface area is 128 Å². The van der Waals surface area contributed by atoms with Crippen molar-refractivity contribution in [2.24, 2.45) is 0 Å². The van der Waals surface area contributed by atoms with Gasteiger partial charge in [0, 0.05) is 12.1 Å². The van der Waals surface area contributed by atoms with E-state index in [9.17, 15) is 9.59 Å². The Morgan fingerprint density at radius 1 is 1.29 bits per heavy atom. The third kappa shape index (κ3) is 2.74. The summed E-state index contributed by atoms with van der Waals surface area (Å²) in [5, 5.41) is 0. The molecule has 1 aromatic rings. The molecular weight excluding hydrogens is 286 g/mol. The van der Waals surface area contributed by atoms with Crippen LogP contribution in [0, 0.1) is 0 Å². The van der Waals surface area contributed by atoms with E-state index in [1.807, 2.05) is 19.1 Å². The van der Waals surface area contributed by atoms with Gasteiger partial charge < -0.3 is 4.74 Å². The van der Waals surface area contributed by atoms with E-state index in [1.165, 1.54) is 16.7 Å². The molecule has 0 aliphatic carbocycles. The first kappa shape index (κ1) is 15.4. The van der Waals surface area contributed by atoms with Crippen LogP contribution in [-0.2, 0) is 9.59 Å². The first-order valence-electron chi connectivity index (χ1n) is 6.63. The number of methoxy groups -OCH3 is 1. The molecule has 2 amide bonds. The van der Waals surface area contributed by atoms with Gasteiger partial charge in [0.1, 0.15) is 5.75 Å². The fourth-order valence-electron chi connectivity index (χ4n) is 2.22. The molecule has 0 bridgehead atoms. The third-order valence-electron chi connectivity index (χ3n) is 3.10. The molecule has 1 aliphatic rings. The number of para-hydroxylation sites is 1. The smallest absolute Gasteiger partial charge is 0.268 e. The maximum atomic E-state index is 12.6. The molecule has 110 valence electrons. The van der Waals surface area contributed by atoms with Crippen molar-refractivity contribution in [2.45, 2.75) is 6.92 Å². The Morgan fingerprint density at radius 2 is 2.00 bits per heavy atom. The Hall–Kier alpha value is -2.01. The maximum Gasteiger partial charge on any atom is 0.268 e. The van der Waals surface area contributed by atoms with Gasteiger partial charge in [0.15, 0.2) is 0 Å². The van der Waals surface area contributed by atoms with Crippen molar-refractivity contribution in [3.63, 3.8) is 0 Å². The topological polar surface area (TPSA) is 46.6 Å². The first-order valence-corrected chi connectivity index (χ1v) is 7.61. The van der Waals surface area contributed by atoms with Gasteiger partial charge in [-0.1, -0.05) is 31.2 Å². The fourth-order valence-corrected chi connectivity index (χ4v) is 3.08. The molecule has 0 aromatic heterocycles. The van der Waals surface area contributed by atoms with Crippen molar-refractivity contribution < 1.29 is 14.3 Å². The molecule has 0 N–H and O–H groups in total. The maximum absolute atomic E-state index is 12.6. The van der Waals surface area contributed by atoms with Crippen LogP contribution in [0.15, 0.2) is 41.8 Å². The number of nitrogens with zero attached hydrogens (tertiary/aromatic N) is 1. The van der Waals surface area contributed by atoms with Crippen LogP contribution >= 0.6 is 11.8 Å². The van der Waals surface area contributed by atoms with E-state index < -0.39 is 0 Å². The van der Waals surface area contributed by atoms with Crippen LogP contribution in [0.25, 0.3) is 5.57 Å². The average Bonchev–Trinajstić information content (AvgIpc) is 2.73. The molecule has 5 heteroatoms. The van der Waals surface area contributed by atoms with Crippen LogP contribution in [0.1, 0.15) is 12.5 Å². The normalized spacial score (nSPS) is 14.9. The van der Waals surface area contributed by atoms with Gasteiger partial charge in [-0.25, -0.2) is 0 Å². The number of ether oxygens (including phenoxy) is 1. The molecule has 1 aromatic carbocycles. The minimum atomic E-state index is -0.291. The molecule has 21 heavy (non-hydrogen) atoms. The van der Waals surface area contributed by atoms with Crippen LogP contribution in [0.2, 0.25) is 0 Å². The zero-order valence-electron chi connectivity index (χ0n) is 12.1. The van der Waals surface area contributed by atoms with Crippen LogP contribution in [0.5, 0.6) is 5.75 Å². The second-order valence-corrected chi connectivity index (χ2v) is 5.62. The Morgan fingerprint density at radius 3 is 2.62 bits per heavy atom. The van der Waals surface area contributed by atoms with Gasteiger partial charge in [-0.2, -0.15) is 0 Å². The van der Waals surface area contributed by atoms with Crippen LogP contribution in [-0.4, -0.2) is 36.1 Å². The van der Waals surface area contributed by atoms with Crippen molar-refractivity contribution in [2.75, 3.05) is 19.4 Å². The number of thioether (sulfide) groups is 1. The van der Waals surface area contributed by atoms with Crippen molar-refractivity contribution >= 4 is 29.1 Å². The number of imide groups is 1. The number of amides is 2. The van der Waals surface area contributed by atoms with E-state index in [2.05, 4.69) is 6.58 Å². The molecule has 1 heterocycles. The summed E-state index contributed by atoms with van der Waals surface area (Å²) in [5.41, 5.74) is 1.08. The van der Waals surface area contributed by atoms with Gasteiger partial charge in [0.2, 0.25) is 0 Å². The number of hydrogen-bond acceptors (Lipinski definition) is 4. The minimum absolute atomic E-state index is 0.212. The van der Waals surface area contributed by atoms with Crippen LogP contribution < -0.4 is 4.74 Å². The predicted molar refractivity (Wildman–Crippen MR) is 85.0 cm³/mol. The van der Waals surface area contributed by atoms with E-state index in [0.29, 0.717) is 21.8 Å². The van der Waals surface area contributed by atoms with Gasteiger partial charge >= 0.3 is 0 Å². The number of carbonyl (C=O) groups excluding carboxylic acids is 2. The molecule has 0 saturated carbocycles. The molecule has 0 radical (unpaired) electrons. The molecule has 0 fully saturated rings. The molecule has 4 nitrogen and oxygen atoms in total. The van der Waals surface area contributed by atoms with Gasteiger partial charge in [0.25, 0.3) is 11.8 Å². The minimum Gasteiger partial charge on any atom is -0.496 e. The summed E-state index contributed by atoms with van der Waals surface area (Å²) >= 11 is 1.38. The summed E-state index contributed by atoms with van der Waals surface area (Å²) in [6, 6.07) is 7.24. The molecule has 0 saturated heterocycles. The van der Waals surface area contributed by atoms with E-state index in [-0.39, 0.29) is 18.4 Å². The van der Waals surface area contributed by atoms with Crippen molar-refractivity contribution in [1.82, 2.24) is 4.90 Å². The monoisotopic (exact) mass is 303 g/mol. The second-order valence-electron chi connectivity index (χ2n) is 4.35. The van der Waals surface area contributed by atoms with Gasteiger partial charge in [-0.3, -0.25) is 14.5 Å². The lowest BCUT2D eigenvalue weighted by molar-refractivity contribution is -0.135. The number of carbonyl (C=O) groups is 2. The zero-order valence-corrected chi connectivity index (χ0v) is 12.9. The van der Waals surface area contributed by atoms with E-state index >= 15 is 0 Å². The van der Waals surface area contributed by atoms with E-state index in [1.54, 1.807) is 25.3 Å². The first-order chi connectivity index (χ1) is 10.2. The fraction of sp³-hybridized carbons (Fsp3) is 0.250. The summed E-state index contributed by atoms with van der Waals surface area (Å²) in [6.07, 6.45) is 1.55. The Balaban J connectivity index is 2.58. The predicted octanol–water partition coefficient (Wildman–Crippen LogP) is 2.71. The second kappa shape index (κ2) is 6.63. The summed E-state index contributed by atoms with van der Waals surface area (Å²) < 4.78 is 5.32. The Bertz CT molecular complexity index is 622. The van der Waals surface area contributed by atoms with Crippen LogP contribution in [0.4, 0.5) is 0 Å². The molecular formula is C16H17NO3S. The largest absolute Gasteiger partial charge is 0.496 e. The lowest BCUT2D eigenvalue weighted by atomic mass is 10.1. The van der Waals surface area contributed by atoms with Crippen molar-refractivity contribution in [3.05, 3.63) is 47.4 Å². The summed E-state index contributed by atoms with van der Waals surface area (Å²) in [5.74, 6) is 0.755. The van der Waals surface area contributed by atoms with Crippen molar-refractivity contribution in [1.29, 1.82) is 0 Å². The molecule has 0 spiro atoms. The lowest BCUT2D eigenvalue weighted by Crippen LogP contribution is -2.31. The van der Waals surface area contributed by atoms with Gasteiger partial charge in [0.05, 0.1) is 17.6 Å². The summed E-state index contributed by atoms with van der Waals surface area (Å²) in [7, 11) is 1.55. The average molecular weight is 303 g/mol. The van der Waals surface area contributed by atoms with Crippen LogP contribution in [0.3, 0.4) is 0 Å². The van der Waals surface area contributed by atoms with Gasteiger partial charge in [-0.05, 0) is 11.8 Å². The molecule has 1 aliphatic heterocycles. The third-order valence-corrected chi connectivity index (χ3v) is 4.06. The number of hydrogen-bond donors (Lipinski definition) is 0. The zero-order chi connectivity index (χ0) is 15.4. The number of rotatable bonds is 6. The van der Waals surface area contributed by atoms with E-state index in [4.69, 9.17) is 4.74 Å².